The second-order valence-corrected chi connectivity index (χ2v) is 6.49. The summed E-state index contributed by atoms with van der Waals surface area (Å²) in [6, 6.07) is 7.14. The van der Waals surface area contributed by atoms with Gasteiger partial charge in [-0.1, -0.05) is 13.0 Å². The molecule has 2 atom stereocenters. The highest BCUT2D eigenvalue weighted by Crippen LogP contribution is 2.31. The van der Waals surface area contributed by atoms with Gasteiger partial charge in [0.15, 0.2) is 0 Å². The summed E-state index contributed by atoms with van der Waals surface area (Å²) in [5.74, 6) is 2.96. The van der Waals surface area contributed by atoms with Gasteiger partial charge in [0.1, 0.15) is 11.6 Å². The molecule has 0 bridgehead atoms. The molecule has 21 heavy (non-hydrogen) atoms. The van der Waals surface area contributed by atoms with Crippen molar-refractivity contribution in [3.63, 3.8) is 0 Å². The topological polar surface area (TPSA) is 31.4 Å². The van der Waals surface area contributed by atoms with E-state index >= 15 is 0 Å². The maximum Gasteiger partial charge on any atom is 0.130 e. The van der Waals surface area contributed by atoms with Gasteiger partial charge in [-0.3, -0.25) is 0 Å². The Morgan fingerprint density at radius 3 is 3.05 bits per heavy atom. The SMILES string of the molecule is CCCNc1cccc(N2CCC3C(CCCN3C)C2)n1. The van der Waals surface area contributed by atoms with Crippen LogP contribution in [0.2, 0.25) is 0 Å². The fourth-order valence-electron chi connectivity index (χ4n) is 3.81. The van der Waals surface area contributed by atoms with E-state index in [9.17, 15) is 0 Å². The number of hydrogen-bond acceptors (Lipinski definition) is 4. The normalized spacial score (nSPS) is 26.5. The zero-order chi connectivity index (χ0) is 14.7. The van der Waals surface area contributed by atoms with E-state index in [1.54, 1.807) is 0 Å². The van der Waals surface area contributed by atoms with E-state index in [0.29, 0.717) is 0 Å². The lowest BCUT2D eigenvalue weighted by Crippen LogP contribution is -2.52. The van der Waals surface area contributed by atoms with Crippen molar-refractivity contribution in [1.82, 2.24) is 9.88 Å². The monoisotopic (exact) mass is 288 g/mol. The Morgan fingerprint density at radius 2 is 2.19 bits per heavy atom. The summed E-state index contributed by atoms with van der Waals surface area (Å²) in [4.78, 5) is 9.84. The highest BCUT2D eigenvalue weighted by Gasteiger charge is 2.34. The molecule has 4 heteroatoms. The minimum Gasteiger partial charge on any atom is -0.370 e. The van der Waals surface area contributed by atoms with E-state index in [1.165, 1.54) is 32.4 Å². The van der Waals surface area contributed by atoms with Crippen LogP contribution < -0.4 is 10.2 Å². The van der Waals surface area contributed by atoms with Gasteiger partial charge in [-0.2, -0.15) is 0 Å². The lowest BCUT2D eigenvalue weighted by molar-refractivity contribution is 0.102. The molecule has 3 rings (SSSR count). The standard InChI is InChI=1S/C17H28N4/c1-3-10-18-16-7-4-8-17(19-16)21-12-9-15-14(13-21)6-5-11-20(15)2/h4,7-8,14-15H,3,5-6,9-13H2,1-2H3,(H,18,19). The minimum atomic E-state index is 0.788. The van der Waals surface area contributed by atoms with Gasteiger partial charge in [0.05, 0.1) is 0 Å². The Hall–Kier alpha value is -1.29. The first kappa shape index (κ1) is 14.6. The first-order valence-electron chi connectivity index (χ1n) is 8.44. The second kappa shape index (κ2) is 6.65. The molecule has 0 aromatic carbocycles. The van der Waals surface area contributed by atoms with Crippen LogP contribution >= 0.6 is 0 Å². The van der Waals surface area contributed by atoms with Crippen molar-refractivity contribution in [3.8, 4) is 0 Å². The number of anilines is 2. The molecule has 0 amide bonds. The smallest absolute Gasteiger partial charge is 0.130 e. The molecule has 2 unspecified atom stereocenters. The van der Waals surface area contributed by atoms with Crippen molar-refractivity contribution in [2.75, 3.05) is 43.4 Å². The Kier molecular flexibility index (Phi) is 4.63. The van der Waals surface area contributed by atoms with Crippen LogP contribution in [0.1, 0.15) is 32.6 Å². The van der Waals surface area contributed by atoms with Crippen molar-refractivity contribution >= 4 is 11.6 Å². The fourth-order valence-corrected chi connectivity index (χ4v) is 3.81. The summed E-state index contributed by atoms with van der Waals surface area (Å²) in [7, 11) is 2.29. The molecular formula is C17H28N4. The maximum absolute atomic E-state index is 4.79. The van der Waals surface area contributed by atoms with Crippen molar-refractivity contribution in [2.45, 2.75) is 38.6 Å². The molecule has 1 aromatic heterocycles. The van der Waals surface area contributed by atoms with E-state index in [2.05, 4.69) is 47.3 Å². The van der Waals surface area contributed by atoms with Gasteiger partial charge in [-0.25, -0.2) is 4.98 Å². The number of rotatable bonds is 4. The van der Waals surface area contributed by atoms with Crippen LogP contribution in [-0.2, 0) is 0 Å². The number of likely N-dealkylation sites (tertiary alicyclic amines) is 1. The Balaban J connectivity index is 1.67. The van der Waals surface area contributed by atoms with Crippen molar-refractivity contribution in [3.05, 3.63) is 18.2 Å². The molecular weight excluding hydrogens is 260 g/mol. The fraction of sp³-hybridized carbons (Fsp3) is 0.706. The number of piperidine rings is 2. The third-order valence-corrected chi connectivity index (χ3v) is 4.96. The summed E-state index contributed by atoms with van der Waals surface area (Å²) in [5.41, 5.74) is 0. The van der Waals surface area contributed by atoms with E-state index in [4.69, 9.17) is 4.98 Å². The summed E-state index contributed by atoms with van der Waals surface area (Å²) in [6.07, 6.45) is 5.12. The summed E-state index contributed by atoms with van der Waals surface area (Å²) >= 11 is 0. The number of nitrogens with one attached hydrogen (secondary N) is 1. The minimum absolute atomic E-state index is 0.788. The summed E-state index contributed by atoms with van der Waals surface area (Å²) in [5, 5.41) is 3.39. The molecule has 2 aliphatic rings. The predicted molar refractivity (Wildman–Crippen MR) is 89.0 cm³/mol. The van der Waals surface area contributed by atoms with Crippen LogP contribution in [0.4, 0.5) is 11.6 Å². The molecule has 0 radical (unpaired) electrons. The Labute approximate surface area is 128 Å². The zero-order valence-electron chi connectivity index (χ0n) is 13.4. The van der Waals surface area contributed by atoms with Gasteiger partial charge >= 0.3 is 0 Å². The molecule has 0 aliphatic carbocycles. The molecule has 116 valence electrons. The Bertz CT molecular complexity index is 462. The molecule has 2 saturated heterocycles. The number of nitrogens with zero attached hydrogens (tertiary/aromatic N) is 3. The largest absolute Gasteiger partial charge is 0.370 e. The van der Waals surface area contributed by atoms with Crippen LogP contribution in [0, 0.1) is 5.92 Å². The zero-order valence-corrected chi connectivity index (χ0v) is 13.4. The van der Waals surface area contributed by atoms with Crippen LogP contribution in [-0.4, -0.2) is 49.2 Å². The van der Waals surface area contributed by atoms with Crippen LogP contribution in [0.25, 0.3) is 0 Å². The lowest BCUT2D eigenvalue weighted by Gasteiger charge is -2.46. The highest BCUT2D eigenvalue weighted by atomic mass is 15.2. The number of aromatic nitrogens is 1. The van der Waals surface area contributed by atoms with Crippen molar-refractivity contribution < 1.29 is 0 Å². The third-order valence-electron chi connectivity index (χ3n) is 4.96. The van der Waals surface area contributed by atoms with E-state index < -0.39 is 0 Å². The average molecular weight is 288 g/mol. The van der Waals surface area contributed by atoms with Gasteiger partial charge in [-0.05, 0) is 57.3 Å². The molecule has 1 aromatic rings. The number of fused-ring (bicyclic) bond motifs is 1. The molecule has 3 heterocycles. The molecule has 1 N–H and O–H groups in total. The van der Waals surface area contributed by atoms with Crippen LogP contribution in [0.15, 0.2) is 18.2 Å². The number of pyridine rings is 1. The highest BCUT2D eigenvalue weighted by molar-refractivity contribution is 5.47. The van der Waals surface area contributed by atoms with Crippen molar-refractivity contribution in [1.29, 1.82) is 0 Å². The molecule has 4 nitrogen and oxygen atoms in total. The van der Waals surface area contributed by atoms with Gasteiger partial charge in [0.2, 0.25) is 0 Å². The van der Waals surface area contributed by atoms with Gasteiger partial charge in [0.25, 0.3) is 0 Å². The molecule has 0 spiro atoms. The summed E-state index contributed by atoms with van der Waals surface area (Å²) < 4.78 is 0. The van der Waals surface area contributed by atoms with Crippen molar-refractivity contribution in [2.24, 2.45) is 5.92 Å². The van der Waals surface area contributed by atoms with E-state index in [1.807, 2.05) is 0 Å². The molecule has 2 fully saturated rings. The Morgan fingerprint density at radius 1 is 1.29 bits per heavy atom. The summed E-state index contributed by atoms with van der Waals surface area (Å²) in [6.45, 7) is 6.75. The van der Waals surface area contributed by atoms with Gasteiger partial charge in [-0.15, -0.1) is 0 Å². The quantitative estimate of drug-likeness (QED) is 0.923. The van der Waals surface area contributed by atoms with Crippen LogP contribution in [0.5, 0.6) is 0 Å². The third kappa shape index (κ3) is 3.31. The maximum atomic E-state index is 4.79. The molecule has 0 saturated carbocycles. The van der Waals surface area contributed by atoms with E-state index in [0.717, 1.165) is 43.1 Å². The van der Waals surface area contributed by atoms with Gasteiger partial charge < -0.3 is 15.1 Å². The lowest BCUT2D eigenvalue weighted by atomic mass is 9.84. The average Bonchev–Trinajstić information content (AvgIpc) is 2.53. The first-order valence-corrected chi connectivity index (χ1v) is 8.44. The predicted octanol–water partition coefficient (Wildman–Crippen LogP) is 2.82. The number of hydrogen-bond donors (Lipinski definition) is 1. The van der Waals surface area contributed by atoms with E-state index in [-0.39, 0.29) is 0 Å². The van der Waals surface area contributed by atoms with Gasteiger partial charge in [0, 0.05) is 25.7 Å². The second-order valence-electron chi connectivity index (χ2n) is 6.49. The first-order chi connectivity index (χ1) is 10.3. The molecule has 2 aliphatic heterocycles. The van der Waals surface area contributed by atoms with Crippen LogP contribution in [0.3, 0.4) is 0 Å².